The second kappa shape index (κ2) is 7.00. The van der Waals surface area contributed by atoms with Crippen molar-refractivity contribution in [3.63, 3.8) is 0 Å². The third-order valence-electron chi connectivity index (χ3n) is 3.58. The fourth-order valence-corrected chi connectivity index (χ4v) is 2.53. The summed E-state index contributed by atoms with van der Waals surface area (Å²) in [5.41, 5.74) is -0.725. The monoisotopic (exact) mass is 302 g/mol. The van der Waals surface area contributed by atoms with Gasteiger partial charge in [0.25, 0.3) is 0 Å². The first-order valence-corrected chi connectivity index (χ1v) is 7.49. The normalized spacial score (nSPS) is 17.3. The Hall–Kier alpha value is -1.46. The van der Waals surface area contributed by atoms with Gasteiger partial charge in [-0.2, -0.15) is 18.2 Å². The van der Waals surface area contributed by atoms with Crippen LogP contribution in [0.5, 0.6) is 5.88 Å². The molecule has 0 aromatic carbocycles. The van der Waals surface area contributed by atoms with Crippen LogP contribution in [0.4, 0.5) is 19.0 Å². The Balaban J connectivity index is 2.18. The molecule has 1 aliphatic rings. The molecule has 0 amide bonds. The lowest BCUT2D eigenvalue weighted by Gasteiger charge is -2.18. The Morgan fingerprint density at radius 1 is 1.19 bits per heavy atom. The van der Waals surface area contributed by atoms with E-state index >= 15 is 0 Å². The van der Waals surface area contributed by atoms with E-state index < -0.39 is 11.7 Å². The van der Waals surface area contributed by atoms with Gasteiger partial charge in [0, 0.05) is 12.6 Å². The highest BCUT2D eigenvalue weighted by Crippen LogP contribution is 2.33. The molecule has 0 spiro atoms. The molecule has 0 unspecified atom stereocenters. The number of anilines is 1. The zero-order chi connectivity index (χ0) is 15.3. The van der Waals surface area contributed by atoms with Crippen molar-refractivity contribution in [2.24, 2.45) is 0 Å². The molecule has 118 valence electrons. The molecule has 2 rings (SSSR count). The fraction of sp³-hybridized carbons (Fsp3) is 0.667. The van der Waals surface area contributed by atoms with Crippen molar-refractivity contribution in [3.05, 3.63) is 17.7 Å². The van der Waals surface area contributed by atoms with Crippen LogP contribution in [0.25, 0.3) is 0 Å². The van der Waals surface area contributed by atoms with E-state index in [1.165, 1.54) is 12.8 Å². The van der Waals surface area contributed by atoms with Gasteiger partial charge in [-0.1, -0.05) is 12.8 Å². The summed E-state index contributed by atoms with van der Waals surface area (Å²) in [6.07, 6.45) is 1.79. The lowest BCUT2D eigenvalue weighted by molar-refractivity contribution is -0.137. The standard InChI is InChI=1S/C15H21F3N2O/c1-2-19-13-9-11(15(16,17)18)10-14(20-13)21-12-7-5-3-4-6-8-12/h9-10,12H,2-8H2,1H3,(H,19,20). The van der Waals surface area contributed by atoms with Gasteiger partial charge >= 0.3 is 6.18 Å². The molecule has 1 heterocycles. The highest BCUT2D eigenvalue weighted by Gasteiger charge is 2.32. The van der Waals surface area contributed by atoms with Crippen molar-refractivity contribution in [3.8, 4) is 5.88 Å². The molecule has 0 bridgehead atoms. The summed E-state index contributed by atoms with van der Waals surface area (Å²) in [6.45, 7) is 2.32. The summed E-state index contributed by atoms with van der Waals surface area (Å²) in [6, 6.07) is 2.01. The first-order valence-electron chi connectivity index (χ1n) is 7.49. The summed E-state index contributed by atoms with van der Waals surface area (Å²) in [5.74, 6) is 0.267. The Kier molecular flexibility index (Phi) is 5.31. The lowest BCUT2D eigenvalue weighted by Crippen LogP contribution is -2.17. The Labute approximate surface area is 122 Å². The number of aromatic nitrogens is 1. The zero-order valence-electron chi connectivity index (χ0n) is 12.2. The number of halogens is 3. The molecule has 21 heavy (non-hydrogen) atoms. The van der Waals surface area contributed by atoms with E-state index in [4.69, 9.17) is 4.74 Å². The summed E-state index contributed by atoms with van der Waals surface area (Å²) in [7, 11) is 0. The molecule has 0 aliphatic heterocycles. The predicted molar refractivity (Wildman–Crippen MR) is 75.5 cm³/mol. The summed E-state index contributed by atoms with van der Waals surface area (Å²) in [5, 5.41) is 2.82. The smallest absolute Gasteiger partial charge is 0.416 e. The number of rotatable bonds is 4. The summed E-state index contributed by atoms with van der Waals surface area (Å²) >= 11 is 0. The average molecular weight is 302 g/mol. The number of nitrogens with one attached hydrogen (secondary N) is 1. The van der Waals surface area contributed by atoms with Crippen LogP contribution in [0.1, 0.15) is 51.0 Å². The zero-order valence-corrected chi connectivity index (χ0v) is 12.2. The van der Waals surface area contributed by atoms with Gasteiger partial charge in [-0.3, -0.25) is 0 Å². The molecule has 3 nitrogen and oxygen atoms in total. The minimum absolute atomic E-state index is 0.0297. The Morgan fingerprint density at radius 2 is 1.86 bits per heavy atom. The summed E-state index contributed by atoms with van der Waals surface area (Å²) < 4.78 is 44.5. The average Bonchev–Trinajstić information content (AvgIpc) is 2.66. The van der Waals surface area contributed by atoms with Crippen LogP contribution in [0.15, 0.2) is 12.1 Å². The van der Waals surface area contributed by atoms with Crippen LogP contribution in [0.3, 0.4) is 0 Å². The molecule has 1 aromatic heterocycles. The minimum Gasteiger partial charge on any atom is -0.474 e. The summed E-state index contributed by atoms with van der Waals surface area (Å²) in [4.78, 5) is 4.13. The van der Waals surface area contributed by atoms with E-state index in [0.717, 1.165) is 37.8 Å². The maximum Gasteiger partial charge on any atom is 0.416 e. The molecular formula is C15H21F3N2O. The molecule has 1 aromatic rings. The van der Waals surface area contributed by atoms with Crippen LogP contribution in [0.2, 0.25) is 0 Å². The number of alkyl halides is 3. The van der Waals surface area contributed by atoms with Crippen molar-refractivity contribution in [1.82, 2.24) is 4.98 Å². The van der Waals surface area contributed by atoms with Gasteiger partial charge in [-0.05, 0) is 38.7 Å². The first kappa shape index (κ1) is 15.9. The molecule has 1 aliphatic carbocycles. The quantitative estimate of drug-likeness (QED) is 0.823. The van der Waals surface area contributed by atoms with E-state index in [0.29, 0.717) is 6.54 Å². The minimum atomic E-state index is -4.39. The number of nitrogens with zero attached hydrogens (tertiary/aromatic N) is 1. The number of hydrogen-bond acceptors (Lipinski definition) is 3. The van der Waals surface area contributed by atoms with Crippen LogP contribution in [-0.4, -0.2) is 17.6 Å². The van der Waals surface area contributed by atoms with Gasteiger partial charge in [0.1, 0.15) is 11.9 Å². The molecule has 0 atom stereocenters. The number of hydrogen-bond donors (Lipinski definition) is 1. The topological polar surface area (TPSA) is 34.1 Å². The van der Waals surface area contributed by atoms with E-state index in [1.807, 2.05) is 6.92 Å². The van der Waals surface area contributed by atoms with E-state index in [-0.39, 0.29) is 17.8 Å². The number of ether oxygens (including phenoxy) is 1. The molecule has 1 saturated carbocycles. The lowest BCUT2D eigenvalue weighted by atomic mass is 10.1. The molecule has 0 saturated heterocycles. The van der Waals surface area contributed by atoms with E-state index in [1.54, 1.807) is 0 Å². The van der Waals surface area contributed by atoms with Crippen LogP contribution < -0.4 is 10.1 Å². The molecule has 6 heteroatoms. The first-order chi connectivity index (χ1) is 9.99. The van der Waals surface area contributed by atoms with Crippen LogP contribution in [0, 0.1) is 0 Å². The Morgan fingerprint density at radius 3 is 2.43 bits per heavy atom. The van der Waals surface area contributed by atoms with Crippen LogP contribution in [-0.2, 0) is 6.18 Å². The SMILES string of the molecule is CCNc1cc(C(F)(F)F)cc(OC2CCCCCC2)n1. The van der Waals surface area contributed by atoms with Gasteiger partial charge in [0.15, 0.2) is 0 Å². The maximum atomic E-state index is 12.9. The second-order valence-electron chi connectivity index (χ2n) is 5.34. The van der Waals surface area contributed by atoms with Gasteiger partial charge in [-0.25, -0.2) is 0 Å². The second-order valence-corrected chi connectivity index (χ2v) is 5.34. The van der Waals surface area contributed by atoms with Crippen molar-refractivity contribution in [2.75, 3.05) is 11.9 Å². The molecular weight excluding hydrogens is 281 g/mol. The molecule has 1 fully saturated rings. The van der Waals surface area contributed by atoms with Gasteiger partial charge in [0.2, 0.25) is 5.88 Å². The largest absolute Gasteiger partial charge is 0.474 e. The van der Waals surface area contributed by atoms with Crippen LogP contribution >= 0.6 is 0 Å². The van der Waals surface area contributed by atoms with Crippen molar-refractivity contribution < 1.29 is 17.9 Å². The third-order valence-corrected chi connectivity index (χ3v) is 3.58. The van der Waals surface area contributed by atoms with Gasteiger partial charge in [-0.15, -0.1) is 0 Å². The number of pyridine rings is 1. The maximum absolute atomic E-state index is 12.9. The Bertz CT molecular complexity index is 455. The third kappa shape index (κ3) is 4.79. The van der Waals surface area contributed by atoms with Gasteiger partial charge < -0.3 is 10.1 Å². The van der Waals surface area contributed by atoms with Crippen molar-refractivity contribution >= 4 is 5.82 Å². The highest BCUT2D eigenvalue weighted by atomic mass is 19.4. The fourth-order valence-electron chi connectivity index (χ4n) is 2.53. The van der Waals surface area contributed by atoms with E-state index in [9.17, 15) is 13.2 Å². The van der Waals surface area contributed by atoms with Gasteiger partial charge in [0.05, 0.1) is 5.56 Å². The van der Waals surface area contributed by atoms with Crippen molar-refractivity contribution in [2.45, 2.75) is 57.7 Å². The molecule has 0 radical (unpaired) electrons. The highest BCUT2D eigenvalue weighted by molar-refractivity contribution is 5.42. The predicted octanol–water partition coefficient (Wildman–Crippen LogP) is 4.63. The van der Waals surface area contributed by atoms with E-state index in [2.05, 4.69) is 10.3 Å². The van der Waals surface area contributed by atoms with Crippen molar-refractivity contribution in [1.29, 1.82) is 0 Å². The molecule has 1 N–H and O–H groups in total.